The highest BCUT2D eigenvalue weighted by Crippen LogP contribution is 2.25. The van der Waals surface area contributed by atoms with Gasteiger partial charge in [-0.3, -0.25) is 9.52 Å². The van der Waals surface area contributed by atoms with E-state index in [4.69, 9.17) is 0 Å². The summed E-state index contributed by atoms with van der Waals surface area (Å²) in [5.41, 5.74) is 3.26. The Hall–Kier alpha value is -2.34. The molecule has 2 aromatic carbocycles. The Balaban J connectivity index is 2.37. The molecule has 26 heavy (non-hydrogen) atoms. The third-order valence-corrected chi connectivity index (χ3v) is 5.97. The number of amides is 1. The van der Waals surface area contributed by atoms with Gasteiger partial charge in [0.2, 0.25) is 0 Å². The number of carbonyl (C=O) groups excluding carboxylic acids is 1. The van der Waals surface area contributed by atoms with Gasteiger partial charge in [-0.05, 0) is 63.9 Å². The molecule has 0 saturated carbocycles. The predicted molar refractivity (Wildman–Crippen MR) is 105 cm³/mol. The minimum atomic E-state index is -3.74. The molecule has 6 heteroatoms. The highest BCUT2D eigenvalue weighted by atomic mass is 32.2. The van der Waals surface area contributed by atoms with Gasteiger partial charge in [-0.25, -0.2) is 8.42 Å². The van der Waals surface area contributed by atoms with E-state index in [0.29, 0.717) is 35.5 Å². The summed E-state index contributed by atoms with van der Waals surface area (Å²) in [6, 6.07) is 10.3. The number of hydrogen-bond acceptors (Lipinski definition) is 3. The SMILES string of the molecule is CCN(CC)C(=O)c1cccc(NS(=O)(=O)c2c(C)cc(C)cc2C)c1. The van der Waals surface area contributed by atoms with Crippen LogP contribution in [0, 0.1) is 20.8 Å². The van der Waals surface area contributed by atoms with Crippen LogP contribution in [0.5, 0.6) is 0 Å². The number of aryl methyl sites for hydroxylation is 3. The van der Waals surface area contributed by atoms with Crippen LogP contribution in [0.15, 0.2) is 41.3 Å². The highest BCUT2D eigenvalue weighted by Gasteiger charge is 2.21. The lowest BCUT2D eigenvalue weighted by molar-refractivity contribution is 0.0773. The Kier molecular flexibility index (Phi) is 6.08. The predicted octanol–water partition coefficient (Wildman–Crippen LogP) is 3.89. The van der Waals surface area contributed by atoms with Gasteiger partial charge in [0.15, 0.2) is 0 Å². The molecule has 0 aliphatic rings. The van der Waals surface area contributed by atoms with E-state index in [1.807, 2.05) is 32.9 Å². The molecule has 140 valence electrons. The summed E-state index contributed by atoms with van der Waals surface area (Å²) < 4.78 is 28.4. The Bertz CT molecular complexity index is 893. The molecule has 2 rings (SSSR count). The molecule has 0 aromatic heterocycles. The van der Waals surface area contributed by atoms with Crippen molar-refractivity contribution in [3.05, 3.63) is 58.7 Å². The summed E-state index contributed by atoms with van der Waals surface area (Å²) in [5, 5.41) is 0. The molecule has 0 heterocycles. The molecule has 0 saturated heterocycles. The molecule has 0 spiro atoms. The van der Waals surface area contributed by atoms with E-state index in [1.165, 1.54) is 0 Å². The molecule has 0 aliphatic heterocycles. The summed E-state index contributed by atoms with van der Waals surface area (Å²) in [6.07, 6.45) is 0. The summed E-state index contributed by atoms with van der Waals surface area (Å²) in [5.74, 6) is -0.112. The molecule has 5 nitrogen and oxygen atoms in total. The Morgan fingerprint density at radius 2 is 1.58 bits per heavy atom. The van der Waals surface area contributed by atoms with Crippen molar-refractivity contribution in [2.75, 3.05) is 17.8 Å². The lowest BCUT2D eigenvalue weighted by Gasteiger charge is -2.19. The van der Waals surface area contributed by atoms with Crippen molar-refractivity contribution in [3.63, 3.8) is 0 Å². The van der Waals surface area contributed by atoms with Crippen molar-refractivity contribution in [3.8, 4) is 0 Å². The lowest BCUT2D eigenvalue weighted by atomic mass is 10.1. The third kappa shape index (κ3) is 4.25. The van der Waals surface area contributed by atoms with Crippen LogP contribution >= 0.6 is 0 Å². The number of nitrogens with zero attached hydrogens (tertiary/aromatic N) is 1. The van der Waals surface area contributed by atoms with Gasteiger partial charge in [-0.15, -0.1) is 0 Å². The van der Waals surface area contributed by atoms with Crippen LogP contribution in [0.3, 0.4) is 0 Å². The topological polar surface area (TPSA) is 66.5 Å². The van der Waals surface area contributed by atoms with Gasteiger partial charge in [-0.2, -0.15) is 0 Å². The van der Waals surface area contributed by atoms with Crippen molar-refractivity contribution in [2.24, 2.45) is 0 Å². The second-order valence-electron chi connectivity index (χ2n) is 6.39. The maximum Gasteiger partial charge on any atom is 0.262 e. The minimum absolute atomic E-state index is 0.112. The number of sulfonamides is 1. The van der Waals surface area contributed by atoms with Crippen LogP contribution in [0.4, 0.5) is 5.69 Å². The molecule has 0 bridgehead atoms. The normalized spacial score (nSPS) is 11.3. The molecule has 0 aliphatic carbocycles. The van der Waals surface area contributed by atoms with Gasteiger partial charge in [0.05, 0.1) is 4.90 Å². The molecule has 0 radical (unpaired) electrons. The van der Waals surface area contributed by atoms with E-state index in [-0.39, 0.29) is 10.8 Å². The second-order valence-corrected chi connectivity index (χ2v) is 8.01. The van der Waals surface area contributed by atoms with Crippen LogP contribution in [0.1, 0.15) is 40.9 Å². The van der Waals surface area contributed by atoms with Crippen LogP contribution in [0.2, 0.25) is 0 Å². The molecule has 0 fully saturated rings. The average molecular weight is 375 g/mol. The van der Waals surface area contributed by atoms with Gasteiger partial charge in [-0.1, -0.05) is 23.8 Å². The maximum atomic E-state index is 12.9. The third-order valence-electron chi connectivity index (χ3n) is 4.29. The van der Waals surface area contributed by atoms with Crippen LogP contribution in [0.25, 0.3) is 0 Å². The lowest BCUT2D eigenvalue weighted by Crippen LogP contribution is -2.30. The van der Waals surface area contributed by atoms with E-state index in [1.54, 1.807) is 43.0 Å². The molecule has 1 N–H and O–H groups in total. The first-order chi connectivity index (χ1) is 12.2. The van der Waals surface area contributed by atoms with Crippen molar-refractivity contribution in [1.82, 2.24) is 4.90 Å². The fraction of sp³-hybridized carbons (Fsp3) is 0.350. The van der Waals surface area contributed by atoms with E-state index in [2.05, 4.69) is 4.72 Å². The molecule has 0 atom stereocenters. The average Bonchev–Trinajstić information content (AvgIpc) is 2.54. The van der Waals surface area contributed by atoms with E-state index < -0.39 is 10.0 Å². The highest BCUT2D eigenvalue weighted by molar-refractivity contribution is 7.92. The van der Waals surface area contributed by atoms with Crippen molar-refractivity contribution in [2.45, 2.75) is 39.5 Å². The van der Waals surface area contributed by atoms with Crippen LogP contribution < -0.4 is 4.72 Å². The summed E-state index contributed by atoms with van der Waals surface area (Å²) in [4.78, 5) is 14.5. The molecule has 2 aromatic rings. The number of nitrogens with one attached hydrogen (secondary N) is 1. The van der Waals surface area contributed by atoms with E-state index >= 15 is 0 Å². The quantitative estimate of drug-likeness (QED) is 0.834. The molecular weight excluding hydrogens is 348 g/mol. The second kappa shape index (κ2) is 7.91. The zero-order chi connectivity index (χ0) is 19.5. The smallest absolute Gasteiger partial charge is 0.262 e. The Morgan fingerprint density at radius 1 is 1.00 bits per heavy atom. The summed E-state index contributed by atoms with van der Waals surface area (Å²) >= 11 is 0. The number of benzene rings is 2. The zero-order valence-electron chi connectivity index (χ0n) is 16.0. The van der Waals surface area contributed by atoms with Crippen molar-refractivity contribution in [1.29, 1.82) is 0 Å². The standard InChI is InChI=1S/C20H26N2O3S/c1-6-22(7-2)20(23)17-9-8-10-18(13-17)21-26(24,25)19-15(4)11-14(3)12-16(19)5/h8-13,21H,6-7H2,1-5H3. The number of hydrogen-bond donors (Lipinski definition) is 1. The first-order valence-corrected chi connectivity index (χ1v) is 10.2. The van der Waals surface area contributed by atoms with Gasteiger partial charge >= 0.3 is 0 Å². The zero-order valence-corrected chi connectivity index (χ0v) is 16.8. The Labute approximate surface area is 156 Å². The van der Waals surface area contributed by atoms with Gasteiger partial charge in [0.25, 0.3) is 15.9 Å². The number of anilines is 1. The Morgan fingerprint density at radius 3 is 2.12 bits per heavy atom. The van der Waals surface area contributed by atoms with Gasteiger partial charge in [0, 0.05) is 24.3 Å². The monoisotopic (exact) mass is 374 g/mol. The number of rotatable bonds is 6. The number of carbonyl (C=O) groups is 1. The van der Waals surface area contributed by atoms with Crippen molar-refractivity contribution >= 4 is 21.6 Å². The summed E-state index contributed by atoms with van der Waals surface area (Å²) in [6.45, 7) is 10.5. The van der Waals surface area contributed by atoms with Crippen LogP contribution in [-0.4, -0.2) is 32.3 Å². The van der Waals surface area contributed by atoms with E-state index in [0.717, 1.165) is 5.56 Å². The fourth-order valence-electron chi connectivity index (χ4n) is 3.21. The maximum absolute atomic E-state index is 12.9. The molecular formula is C20H26N2O3S. The van der Waals surface area contributed by atoms with E-state index in [9.17, 15) is 13.2 Å². The van der Waals surface area contributed by atoms with Crippen molar-refractivity contribution < 1.29 is 13.2 Å². The minimum Gasteiger partial charge on any atom is -0.339 e. The van der Waals surface area contributed by atoms with Gasteiger partial charge < -0.3 is 4.90 Å². The van der Waals surface area contributed by atoms with Gasteiger partial charge in [0.1, 0.15) is 0 Å². The molecule has 1 amide bonds. The molecule has 0 unspecified atom stereocenters. The first kappa shape index (κ1) is 20.0. The first-order valence-electron chi connectivity index (χ1n) is 8.69. The van der Waals surface area contributed by atoms with Crippen LogP contribution in [-0.2, 0) is 10.0 Å². The summed E-state index contributed by atoms with van der Waals surface area (Å²) in [7, 11) is -3.74. The largest absolute Gasteiger partial charge is 0.339 e. The fourth-order valence-corrected chi connectivity index (χ4v) is 4.71.